The van der Waals surface area contributed by atoms with Crippen molar-refractivity contribution in [3.8, 4) is 17.2 Å². The van der Waals surface area contributed by atoms with Crippen LogP contribution in [0.1, 0.15) is 36.7 Å². The topological polar surface area (TPSA) is 74.9 Å². The molecule has 0 unspecified atom stereocenters. The SMILES string of the molecule is COc1cc(C=Nn2c(C(C)C)nc3ccc(Br)cc3c2=O)cc(OC)c1OCc1ccc(Cl)cc1. The molecule has 0 N–H and O–H groups in total. The summed E-state index contributed by atoms with van der Waals surface area (Å²) in [6.45, 7) is 4.25. The van der Waals surface area contributed by atoms with E-state index in [0.29, 0.717) is 51.2 Å². The van der Waals surface area contributed by atoms with Gasteiger partial charge in [-0.25, -0.2) is 4.98 Å². The first-order valence-electron chi connectivity index (χ1n) is 11.2. The van der Waals surface area contributed by atoms with Gasteiger partial charge in [0.1, 0.15) is 12.4 Å². The second-order valence-corrected chi connectivity index (χ2v) is 9.67. The van der Waals surface area contributed by atoms with E-state index in [-0.39, 0.29) is 11.5 Å². The molecule has 0 saturated carbocycles. The molecule has 0 bridgehead atoms. The Hall–Kier alpha value is -3.36. The molecule has 4 aromatic rings. The molecule has 7 nitrogen and oxygen atoms in total. The van der Waals surface area contributed by atoms with Crippen molar-refractivity contribution in [1.29, 1.82) is 0 Å². The Morgan fingerprint density at radius 2 is 1.72 bits per heavy atom. The number of nitrogens with zero attached hydrogens (tertiary/aromatic N) is 3. The van der Waals surface area contributed by atoms with Gasteiger partial charge in [-0.2, -0.15) is 9.78 Å². The lowest BCUT2D eigenvalue weighted by atomic mass is 10.2. The monoisotopic (exact) mass is 569 g/mol. The van der Waals surface area contributed by atoms with Gasteiger partial charge in [0.2, 0.25) is 5.75 Å². The summed E-state index contributed by atoms with van der Waals surface area (Å²) in [5.41, 5.74) is 2.00. The smallest absolute Gasteiger partial charge is 0.282 e. The fourth-order valence-electron chi connectivity index (χ4n) is 3.63. The minimum absolute atomic E-state index is 0.0180. The van der Waals surface area contributed by atoms with Crippen molar-refractivity contribution >= 4 is 44.6 Å². The maximum Gasteiger partial charge on any atom is 0.282 e. The van der Waals surface area contributed by atoms with Crippen LogP contribution in [0.15, 0.2) is 69.0 Å². The van der Waals surface area contributed by atoms with Gasteiger partial charge in [0.25, 0.3) is 5.56 Å². The maximum atomic E-state index is 13.3. The molecule has 0 aliphatic carbocycles. The molecule has 0 fully saturated rings. The second-order valence-electron chi connectivity index (χ2n) is 8.32. The molecule has 0 atom stereocenters. The molecule has 1 aromatic heterocycles. The van der Waals surface area contributed by atoms with Gasteiger partial charge in [0.05, 0.1) is 31.3 Å². The molecule has 3 aromatic carbocycles. The number of benzene rings is 3. The van der Waals surface area contributed by atoms with E-state index < -0.39 is 0 Å². The molecule has 0 amide bonds. The molecule has 0 aliphatic rings. The van der Waals surface area contributed by atoms with Gasteiger partial charge in [-0.05, 0) is 48.0 Å². The van der Waals surface area contributed by atoms with Crippen LogP contribution in [-0.2, 0) is 6.61 Å². The highest BCUT2D eigenvalue weighted by Gasteiger charge is 2.16. The number of aromatic nitrogens is 2. The van der Waals surface area contributed by atoms with E-state index in [1.54, 1.807) is 38.6 Å². The largest absolute Gasteiger partial charge is 0.493 e. The van der Waals surface area contributed by atoms with Crippen LogP contribution < -0.4 is 19.8 Å². The number of hydrogen-bond acceptors (Lipinski definition) is 6. The Morgan fingerprint density at radius 3 is 2.33 bits per heavy atom. The Morgan fingerprint density at radius 1 is 1.06 bits per heavy atom. The fraction of sp³-hybridized carbons (Fsp3) is 0.222. The van der Waals surface area contributed by atoms with Crippen LogP contribution in [0.3, 0.4) is 0 Å². The summed E-state index contributed by atoms with van der Waals surface area (Å²) in [6, 6.07) is 16.4. The van der Waals surface area contributed by atoms with Gasteiger partial charge in [-0.1, -0.05) is 53.5 Å². The lowest BCUT2D eigenvalue weighted by Gasteiger charge is -2.15. The number of fused-ring (bicyclic) bond motifs is 1. The van der Waals surface area contributed by atoms with Crippen LogP contribution in [0.2, 0.25) is 5.02 Å². The van der Waals surface area contributed by atoms with Crippen molar-refractivity contribution in [2.24, 2.45) is 5.10 Å². The minimum atomic E-state index is -0.247. The zero-order valence-electron chi connectivity index (χ0n) is 20.3. The summed E-state index contributed by atoms with van der Waals surface area (Å²) in [6.07, 6.45) is 1.58. The van der Waals surface area contributed by atoms with Gasteiger partial charge in [-0.15, -0.1) is 0 Å². The van der Waals surface area contributed by atoms with E-state index in [1.165, 1.54) is 4.68 Å². The van der Waals surface area contributed by atoms with Crippen LogP contribution in [-0.4, -0.2) is 30.1 Å². The average molecular weight is 571 g/mol. The third-order valence-electron chi connectivity index (χ3n) is 5.45. The van der Waals surface area contributed by atoms with E-state index in [9.17, 15) is 4.79 Å². The van der Waals surface area contributed by atoms with Crippen molar-refractivity contribution in [3.05, 3.63) is 91.4 Å². The summed E-state index contributed by atoms with van der Waals surface area (Å²) in [5, 5.41) is 5.63. The molecular weight excluding hydrogens is 546 g/mol. The summed E-state index contributed by atoms with van der Waals surface area (Å²) < 4.78 is 19.3. The van der Waals surface area contributed by atoms with Crippen LogP contribution in [0.25, 0.3) is 10.9 Å². The zero-order valence-corrected chi connectivity index (χ0v) is 22.6. The van der Waals surface area contributed by atoms with Crippen LogP contribution in [0.5, 0.6) is 17.2 Å². The molecule has 0 aliphatic heterocycles. The lowest BCUT2D eigenvalue weighted by molar-refractivity contribution is 0.266. The molecule has 36 heavy (non-hydrogen) atoms. The van der Waals surface area contributed by atoms with Crippen molar-refractivity contribution < 1.29 is 14.2 Å². The number of methoxy groups -OCH3 is 2. The van der Waals surface area contributed by atoms with Gasteiger partial charge >= 0.3 is 0 Å². The predicted molar refractivity (Wildman–Crippen MR) is 146 cm³/mol. The Kier molecular flexibility index (Phi) is 7.96. The van der Waals surface area contributed by atoms with Crippen molar-refractivity contribution in [2.75, 3.05) is 14.2 Å². The standard InChI is InChI=1S/C27H25BrClN3O4/c1-16(2)26-31-22-10-7-19(28)13-21(22)27(33)32(26)30-14-18-11-23(34-3)25(24(12-18)35-4)36-15-17-5-8-20(29)9-6-17/h5-14,16H,15H2,1-4H3. The molecule has 0 saturated heterocycles. The highest BCUT2D eigenvalue weighted by Crippen LogP contribution is 2.38. The molecule has 0 spiro atoms. The minimum Gasteiger partial charge on any atom is -0.493 e. The van der Waals surface area contributed by atoms with Gasteiger partial charge < -0.3 is 14.2 Å². The van der Waals surface area contributed by atoms with Crippen molar-refractivity contribution in [3.63, 3.8) is 0 Å². The van der Waals surface area contributed by atoms with Crippen molar-refractivity contribution in [2.45, 2.75) is 26.4 Å². The van der Waals surface area contributed by atoms with E-state index in [0.717, 1.165) is 10.0 Å². The lowest BCUT2D eigenvalue weighted by Crippen LogP contribution is -2.23. The first-order chi connectivity index (χ1) is 17.3. The summed E-state index contributed by atoms with van der Waals surface area (Å²) in [4.78, 5) is 18.0. The normalized spacial score (nSPS) is 11.4. The van der Waals surface area contributed by atoms with Gasteiger partial charge in [0.15, 0.2) is 11.5 Å². The molecule has 186 valence electrons. The van der Waals surface area contributed by atoms with Gasteiger partial charge in [-0.3, -0.25) is 4.79 Å². The molecule has 0 radical (unpaired) electrons. The van der Waals surface area contributed by atoms with Crippen LogP contribution in [0.4, 0.5) is 0 Å². The molecular formula is C27H25BrClN3O4. The Labute approximate surface area is 222 Å². The quantitative estimate of drug-likeness (QED) is 0.229. The number of halogens is 2. The molecule has 1 heterocycles. The molecule has 4 rings (SSSR count). The Balaban J connectivity index is 1.71. The first-order valence-corrected chi connectivity index (χ1v) is 12.4. The number of rotatable bonds is 8. The highest BCUT2D eigenvalue weighted by atomic mass is 79.9. The second kappa shape index (κ2) is 11.1. The van der Waals surface area contributed by atoms with Crippen LogP contribution in [0, 0.1) is 0 Å². The maximum absolute atomic E-state index is 13.3. The van der Waals surface area contributed by atoms with E-state index in [4.69, 9.17) is 25.8 Å². The van der Waals surface area contributed by atoms with Crippen molar-refractivity contribution in [1.82, 2.24) is 9.66 Å². The van der Waals surface area contributed by atoms with Gasteiger partial charge in [0, 0.05) is 21.0 Å². The zero-order chi connectivity index (χ0) is 25.8. The van der Waals surface area contributed by atoms with E-state index in [1.807, 2.05) is 50.2 Å². The third kappa shape index (κ3) is 5.55. The fourth-order valence-corrected chi connectivity index (χ4v) is 4.12. The summed E-state index contributed by atoms with van der Waals surface area (Å²) in [5.74, 6) is 1.96. The Bertz CT molecular complexity index is 1460. The molecule has 9 heteroatoms. The number of ether oxygens (including phenoxy) is 3. The van der Waals surface area contributed by atoms with Crippen LogP contribution >= 0.6 is 27.5 Å². The van der Waals surface area contributed by atoms with E-state index in [2.05, 4.69) is 26.0 Å². The highest BCUT2D eigenvalue weighted by molar-refractivity contribution is 9.10. The average Bonchev–Trinajstić information content (AvgIpc) is 2.87. The third-order valence-corrected chi connectivity index (χ3v) is 6.20. The van der Waals surface area contributed by atoms with E-state index >= 15 is 0 Å². The number of hydrogen-bond donors (Lipinski definition) is 0. The summed E-state index contributed by atoms with van der Waals surface area (Å²) >= 11 is 9.39. The summed E-state index contributed by atoms with van der Waals surface area (Å²) in [7, 11) is 3.11. The first kappa shape index (κ1) is 25.7. The predicted octanol–water partition coefficient (Wildman–Crippen LogP) is 6.41.